The largest absolute Gasteiger partial charge is 0.306 e. The lowest BCUT2D eigenvalue weighted by Crippen LogP contribution is -2.34. The first-order chi connectivity index (χ1) is 13.7. The van der Waals surface area contributed by atoms with Crippen molar-refractivity contribution in [3.05, 3.63) is 79.8 Å². The summed E-state index contributed by atoms with van der Waals surface area (Å²) in [7, 11) is 0. The molecule has 0 fully saturated rings. The molecule has 5 nitrogen and oxygen atoms in total. The highest BCUT2D eigenvalue weighted by Gasteiger charge is 2.23. The zero-order chi connectivity index (χ0) is 19.1. The monoisotopic (exact) mass is 452 g/mol. The van der Waals surface area contributed by atoms with Gasteiger partial charge in [0.1, 0.15) is 5.82 Å². The molecule has 0 saturated carbocycles. The summed E-state index contributed by atoms with van der Waals surface area (Å²) >= 11 is 5.59. The molecule has 0 saturated heterocycles. The fourth-order valence-electron chi connectivity index (χ4n) is 3.64. The number of hydrogen-bond donors (Lipinski definition) is 1. The Morgan fingerprint density at radius 2 is 2.11 bits per heavy atom. The van der Waals surface area contributed by atoms with E-state index in [1.807, 2.05) is 23.5 Å². The fourth-order valence-corrected chi connectivity index (χ4v) is 5.62. The predicted molar refractivity (Wildman–Crippen MR) is 115 cm³/mol. The maximum Gasteiger partial charge on any atom is 0.254 e. The van der Waals surface area contributed by atoms with Crippen LogP contribution in [0.3, 0.4) is 0 Å². The fraction of sp³-hybridized carbons (Fsp3) is 0.190. The van der Waals surface area contributed by atoms with Crippen molar-refractivity contribution in [2.75, 3.05) is 6.54 Å². The van der Waals surface area contributed by atoms with Crippen LogP contribution in [-0.4, -0.2) is 26.4 Å². The van der Waals surface area contributed by atoms with Crippen LogP contribution >= 0.6 is 27.3 Å². The molecule has 1 N–H and O–H groups in total. The number of hydrogen-bond acceptors (Lipinski definition) is 5. The lowest BCUT2D eigenvalue weighted by atomic mass is 10.1. The van der Waals surface area contributed by atoms with Crippen LogP contribution in [0.1, 0.15) is 16.1 Å². The summed E-state index contributed by atoms with van der Waals surface area (Å²) in [4.78, 5) is 28.0. The zero-order valence-electron chi connectivity index (χ0n) is 15.0. The Balaban J connectivity index is 1.45. The molecule has 1 aliphatic rings. The summed E-state index contributed by atoms with van der Waals surface area (Å²) in [5.41, 5.74) is 2.46. The van der Waals surface area contributed by atoms with E-state index in [0.29, 0.717) is 18.8 Å². The number of fused-ring (bicyclic) bond motifs is 2. The van der Waals surface area contributed by atoms with E-state index in [9.17, 15) is 4.79 Å². The average molecular weight is 453 g/mol. The number of nitrogens with zero attached hydrogens (tertiary/aromatic N) is 3. The molecule has 1 aromatic carbocycles. The van der Waals surface area contributed by atoms with Gasteiger partial charge in [-0.3, -0.25) is 14.7 Å². The van der Waals surface area contributed by atoms with Gasteiger partial charge < -0.3 is 4.98 Å². The average Bonchev–Trinajstić information content (AvgIpc) is 3.04. The number of aromatic amines is 1. The van der Waals surface area contributed by atoms with Gasteiger partial charge in [0.25, 0.3) is 5.56 Å². The lowest BCUT2D eigenvalue weighted by molar-refractivity contribution is 0.242. The normalized spacial score (nSPS) is 14.3. The molecule has 0 radical (unpaired) electrons. The Morgan fingerprint density at radius 3 is 2.93 bits per heavy atom. The second-order valence-corrected chi connectivity index (χ2v) is 8.81. The van der Waals surface area contributed by atoms with Gasteiger partial charge in [-0.15, -0.1) is 11.3 Å². The van der Waals surface area contributed by atoms with Crippen LogP contribution in [0, 0.1) is 0 Å². The number of pyridine rings is 1. The van der Waals surface area contributed by atoms with Gasteiger partial charge in [0.15, 0.2) is 0 Å². The summed E-state index contributed by atoms with van der Waals surface area (Å²) in [5, 5.41) is 1.26. The molecule has 0 bridgehead atoms. The number of H-pyrrole nitrogens is 1. The van der Waals surface area contributed by atoms with Crippen molar-refractivity contribution in [2.24, 2.45) is 0 Å². The highest BCUT2D eigenvalue weighted by Crippen LogP contribution is 2.36. The zero-order valence-corrected chi connectivity index (χ0v) is 17.4. The van der Waals surface area contributed by atoms with E-state index in [-0.39, 0.29) is 5.56 Å². The molecular formula is C21H17BrN4OS. The number of thiophene rings is 1. The first-order valence-corrected chi connectivity index (χ1v) is 10.7. The molecule has 0 unspecified atom stereocenters. The molecule has 5 rings (SSSR count). The molecule has 7 heteroatoms. The van der Waals surface area contributed by atoms with Crippen molar-refractivity contribution < 1.29 is 0 Å². The van der Waals surface area contributed by atoms with E-state index < -0.39 is 0 Å². The molecule has 1 aliphatic heterocycles. The van der Waals surface area contributed by atoms with Crippen LogP contribution in [0.5, 0.6) is 0 Å². The van der Waals surface area contributed by atoms with E-state index in [1.54, 1.807) is 12.4 Å². The summed E-state index contributed by atoms with van der Waals surface area (Å²) in [5.74, 6) is 0.585. The number of rotatable bonds is 3. The smallest absolute Gasteiger partial charge is 0.254 e. The van der Waals surface area contributed by atoms with Crippen molar-refractivity contribution in [2.45, 2.75) is 19.5 Å². The van der Waals surface area contributed by atoms with E-state index in [1.165, 1.54) is 19.4 Å². The highest BCUT2D eigenvalue weighted by atomic mass is 79.9. The van der Waals surface area contributed by atoms with Crippen LogP contribution in [-0.2, 0) is 19.5 Å². The van der Waals surface area contributed by atoms with Gasteiger partial charge in [-0.1, -0.05) is 18.2 Å². The first kappa shape index (κ1) is 17.7. The third kappa shape index (κ3) is 3.19. The standard InChI is InChI=1S/C21H17BrN4OS/c22-19-15-5-1-2-6-17(15)28-18(19)12-26-9-7-14-16(11-26)24-20(25-21(14)27)13-4-3-8-23-10-13/h1-6,8,10H,7,9,11-12H2,(H,24,25,27). The molecule has 28 heavy (non-hydrogen) atoms. The second kappa shape index (κ2) is 7.24. The topological polar surface area (TPSA) is 61.9 Å². The third-order valence-corrected chi connectivity index (χ3v) is 7.38. The Labute approximate surface area is 174 Å². The second-order valence-electron chi connectivity index (χ2n) is 6.88. The predicted octanol–water partition coefficient (Wildman–Crippen LogP) is 4.37. The molecule has 3 aromatic heterocycles. The minimum atomic E-state index is -0.0356. The SMILES string of the molecule is O=c1[nH]c(-c2cccnc2)nc2c1CCN(Cc1sc3ccccc3c1Br)C2. The van der Waals surface area contributed by atoms with Crippen LogP contribution in [0.15, 0.2) is 58.1 Å². The Morgan fingerprint density at radius 1 is 1.21 bits per heavy atom. The summed E-state index contributed by atoms with van der Waals surface area (Å²) < 4.78 is 2.46. The van der Waals surface area contributed by atoms with Crippen LogP contribution in [0.4, 0.5) is 0 Å². The van der Waals surface area contributed by atoms with Gasteiger partial charge in [-0.25, -0.2) is 4.98 Å². The van der Waals surface area contributed by atoms with Crippen molar-refractivity contribution in [3.63, 3.8) is 0 Å². The Kier molecular flexibility index (Phi) is 4.58. The molecule has 0 atom stereocenters. The minimum Gasteiger partial charge on any atom is -0.306 e. The minimum absolute atomic E-state index is 0.0356. The molecule has 0 spiro atoms. The third-order valence-electron chi connectivity index (χ3n) is 5.06. The van der Waals surface area contributed by atoms with Gasteiger partial charge in [0.2, 0.25) is 0 Å². The first-order valence-electron chi connectivity index (χ1n) is 9.10. The molecule has 4 heterocycles. The van der Waals surface area contributed by atoms with Gasteiger partial charge in [-0.05, 0) is 40.5 Å². The molecule has 0 amide bonds. The van der Waals surface area contributed by atoms with Gasteiger partial charge in [-0.2, -0.15) is 0 Å². The van der Waals surface area contributed by atoms with Gasteiger partial charge in [0.05, 0.1) is 5.69 Å². The van der Waals surface area contributed by atoms with Crippen LogP contribution < -0.4 is 5.56 Å². The van der Waals surface area contributed by atoms with E-state index in [4.69, 9.17) is 4.98 Å². The summed E-state index contributed by atoms with van der Waals surface area (Å²) in [6.45, 7) is 2.37. The van der Waals surface area contributed by atoms with E-state index in [2.05, 4.69) is 55.1 Å². The number of aromatic nitrogens is 3. The maximum absolute atomic E-state index is 12.6. The van der Waals surface area contributed by atoms with E-state index in [0.717, 1.165) is 29.9 Å². The summed E-state index contributed by atoms with van der Waals surface area (Å²) in [6, 6.07) is 12.2. The molecule has 4 aromatic rings. The quantitative estimate of drug-likeness (QED) is 0.501. The Hall–Kier alpha value is -2.35. The Bertz CT molecular complexity index is 1220. The van der Waals surface area contributed by atoms with Crippen LogP contribution in [0.25, 0.3) is 21.5 Å². The van der Waals surface area contributed by atoms with Crippen LogP contribution in [0.2, 0.25) is 0 Å². The van der Waals surface area contributed by atoms with Gasteiger partial charge >= 0.3 is 0 Å². The van der Waals surface area contributed by atoms with E-state index >= 15 is 0 Å². The number of benzene rings is 1. The van der Waals surface area contributed by atoms with Crippen molar-refractivity contribution >= 4 is 37.4 Å². The lowest BCUT2D eigenvalue weighted by Gasteiger charge is -2.27. The summed E-state index contributed by atoms with van der Waals surface area (Å²) in [6.07, 6.45) is 4.15. The molecule has 140 valence electrons. The van der Waals surface area contributed by atoms with Gasteiger partial charge in [0, 0.05) is 62.6 Å². The maximum atomic E-state index is 12.6. The number of halogens is 1. The molecule has 0 aliphatic carbocycles. The van der Waals surface area contributed by atoms with Crippen molar-refractivity contribution in [1.82, 2.24) is 19.9 Å². The highest BCUT2D eigenvalue weighted by molar-refractivity contribution is 9.10. The van der Waals surface area contributed by atoms with Crippen molar-refractivity contribution in [3.8, 4) is 11.4 Å². The van der Waals surface area contributed by atoms with Crippen molar-refractivity contribution in [1.29, 1.82) is 0 Å². The molecular weight excluding hydrogens is 436 g/mol. The number of nitrogens with one attached hydrogen (secondary N) is 1.